The van der Waals surface area contributed by atoms with Gasteiger partial charge in [0.05, 0.1) is 0 Å². The third kappa shape index (κ3) is 10.1. The van der Waals surface area contributed by atoms with Gasteiger partial charge >= 0.3 is 0 Å². The highest BCUT2D eigenvalue weighted by molar-refractivity contribution is 6.17. The minimum atomic E-state index is 0.680. The van der Waals surface area contributed by atoms with Gasteiger partial charge in [0.1, 0.15) is 0 Å². The Morgan fingerprint density at radius 1 is 1.15 bits per heavy atom. The van der Waals surface area contributed by atoms with Crippen LogP contribution in [0.3, 0.4) is 0 Å². The van der Waals surface area contributed by atoms with Crippen molar-refractivity contribution in [3.63, 3.8) is 0 Å². The summed E-state index contributed by atoms with van der Waals surface area (Å²) in [4.78, 5) is 0. The van der Waals surface area contributed by atoms with Crippen molar-refractivity contribution < 1.29 is 9.47 Å². The van der Waals surface area contributed by atoms with Crippen LogP contribution in [0.4, 0.5) is 0 Å². The summed E-state index contributed by atoms with van der Waals surface area (Å²) in [6.45, 7) is 4.65. The molecule has 0 bridgehead atoms. The van der Waals surface area contributed by atoms with Crippen LogP contribution in [0.5, 0.6) is 0 Å². The quantitative estimate of drug-likeness (QED) is 0.429. The second-order valence-corrected chi connectivity index (χ2v) is 3.71. The first-order valence-corrected chi connectivity index (χ1v) is 5.47. The molecule has 0 saturated carbocycles. The first-order chi connectivity index (χ1) is 6.31. The van der Waals surface area contributed by atoms with Crippen LogP contribution in [-0.4, -0.2) is 32.8 Å². The van der Waals surface area contributed by atoms with E-state index in [0.717, 1.165) is 45.0 Å². The van der Waals surface area contributed by atoms with E-state index in [-0.39, 0.29) is 0 Å². The maximum absolute atomic E-state index is 5.62. The molecule has 80 valence electrons. The van der Waals surface area contributed by atoms with Crippen molar-refractivity contribution in [2.45, 2.75) is 26.2 Å². The fraction of sp³-hybridized carbons (Fsp3) is 1.00. The van der Waals surface area contributed by atoms with E-state index in [9.17, 15) is 0 Å². The van der Waals surface area contributed by atoms with Crippen molar-refractivity contribution in [3.05, 3.63) is 0 Å². The molecule has 0 rings (SSSR count). The molecular weight excluding hydrogens is 188 g/mol. The molecule has 0 N–H and O–H groups in total. The Hall–Kier alpha value is 0.210. The highest BCUT2D eigenvalue weighted by atomic mass is 35.5. The van der Waals surface area contributed by atoms with Gasteiger partial charge in [-0.05, 0) is 25.2 Å². The fourth-order valence-corrected chi connectivity index (χ4v) is 1.40. The maximum Gasteiger partial charge on any atom is 0.0487 e. The lowest BCUT2D eigenvalue weighted by Gasteiger charge is -2.09. The van der Waals surface area contributed by atoms with Crippen LogP contribution < -0.4 is 0 Å². The van der Waals surface area contributed by atoms with Crippen molar-refractivity contribution in [1.29, 1.82) is 0 Å². The second kappa shape index (κ2) is 10.3. The topological polar surface area (TPSA) is 18.5 Å². The van der Waals surface area contributed by atoms with E-state index in [1.807, 2.05) is 0 Å². The van der Waals surface area contributed by atoms with Gasteiger partial charge in [0.25, 0.3) is 0 Å². The summed E-state index contributed by atoms with van der Waals surface area (Å²) in [5.41, 5.74) is 0. The van der Waals surface area contributed by atoms with Crippen molar-refractivity contribution in [2.24, 2.45) is 5.92 Å². The van der Waals surface area contributed by atoms with E-state index in [4.69, 9.17) is 21.1 Å². The first-order valence-electron chi connectivity index (χ1n) is 4.94. The minimum absolute atomic E-state index is 0.680. The largest absolute Gasteiger partial charge is 0.385 e. The van der Waals surface area contributed by atoms with Crippen LogP contribution in [0.1, 0.15) is 26.2 Å². The predicted octanol–water partition coefficient (Wildman–Crippen LogP) is 2.69. The molecule has 0 aromatic heterocycles. The molecular formula is C10H21ClO2. The number of hydrogen-bond acceptors (Lipinski definition) is 2. The van der Waals surface area contributed by atoms with E-state index in [1.54, 1.807) is 7.11 Å². The molecule has 0 heterocycles. The van der Waals surface area contributed by atoms with Crippen LogP contribution in [0.25, 0.3) is 0 Å². The molecule has 3 heteroatoms. The maximum atomic E-state index is 5.62. The number of rotatable bonds is 9. The van der Waals surface area contributed by atoms with Gasteiger partial charge in [-0.15, -0.1) is 11.6 Å². The Bertz CT molecular complexity index is 98.9. The van der Waals surface area contributed by atoms with Crippen LogP contribution in [0.2, 0.25) is 0 Å². The molecule has 0 aliphatic carbocycles. The zero-order valence-corrected chi connectivity index (χ0v) is 9.48. The lowest BCUT2D eigenvalue weighted by atomic mass is 10.1. The Morgan fingerprint density at radius 2 is 1.92 bits per heavy atom. The molecule has 0 aromatic carbocycles. The normalized spacial score (nSPS) is 13.2. The molecule has 1 unspecified atom stereocenters. The van der Waals surface area contributed by atoms with Crippen LogP contribution in [-0.2, 0) is 9.47 Å². The number of ether oxygens (including phenoxy) is 2. The van der Waals surface area contributed by atoms with Crippen molar-refractivity contribution in [3.8, 4) is 0 Å². The molecule has 1 atom stereocenters. The van der Waals surface area contributed by atoms with Crippen LogP contribution >= 0.6 is 11.6 Å². The molecule has 0 aromatic rings. The molecule has 0 saturated heterocycles. The highest BCUT2D eigenvalue weighted by Crippen LogP contribution is 2.08. The molecule has 0 aliphatic heterocycles. The Labute approximate surface area is 86.6 Å². The summed E-state index contributed by atoms with van der Waals surface area (Å²) in [5, 5.41) is 0. The summed E-state index contributed by atoms with van der Waals surface area (Å²) in [7, 11) is 1.71. The molecule has 13 heavy (non-hydrogen) atoms. The lowest BCUT2D eigenvalue weighted by Crippen LogP contribution is -2.05. The van der Waals surface area contributed by atoms with Gasteiger partial charge in [-0.1, -0.05) is 6.92 Å². The van der Waals surface area contributed by atoms with Gasteiger partial charge in [-0.25, -0.2) is 0 Å². The van der Waals surface area contributed by atoms with E-state index in [0.29, 0.717) is 5.92 Å². The molecule has 0 fully saturated rings. The van der Waals surface area contributed by atoms with Gasteiger partial charge < -0.3 is 9.47 Å². The van der Waals surface area contributed by atoms with E-state index < -0.39 is 0 Å². The third-order valence-electron chi connectivity index (χ3n) is 1.99. The average Bonchev–Trinajstić information content (AvgIpc) is 2.11. The summed E-state index contributed by atoms with van der Waals surface area (Å²) in [6, 6.07) is 0. The number of alkyl halides is 1. The SMILES string of the molecule is COCCCOCCC(C)CCCl. The minimum Gasteiger partial charge on any atom is -0.385 e. The van der Waals surface area contributed by atoms with Gasteiger partial charge in [-0.2, -0.15) is 0 Å². The fourth-order valence-electron chi connectivity index (χ4n) is 1.02. The molecule has 0 aliphatic rings. The molecule has 2 nitrogen and oxygen atoms in total. The van der Waals surface area contributed by atoms with Crippen molar-refractivity contribution in [1.82, 2.24) is 0 Å². The smallest absolute Gasteiger partial charge is 0.0487 e. The summed E-state index contributed by atoms with van der Waals surface area (Å²) in [5.74, 6) is 1.44. The van der Waals surface area contributed by atoms with E-state index in [2.05, 4.69) is 6.92 Å². The van der Waals surface area contributed by atoms with E-state index in [1.165, 1.54) is 0 Å². The molecule has 0 spiro atoms. The average molecular weight is 209 g/mol. The summed E-state index contributed by atoms with van der Waals surface area (Å²) in [6.07, 6.45) is 3.18. The second-order valence-electron chi connectivity index (χ2n) is 3.33. The zero-order valence-electron chi connectivity index (χ0n) is 8.72. The standard InChI is InChI=1S/C10H21ClO2/c1-10(4-6-11)5-9-13-8-3-7-12-2/h10H,3-9H2,1-2H3. The van der Waals surface area contributed by atoms with Gasteiger partial charge in [0.2, 0.25) is 0 Å². The number of halogens is 1. The summed E-state index contributed by atoms with van der Waals surface area (Å²) >= 11 is 5.62. The molecule has 0 radical (unpaired) electrons. The Balaban J connectivity index is 2.97. The zero-order chi connectivity index (χ0) is 9.94. The van der Waals surface area contributed by atoms with Gasteiger partial charge in [0.15, 0.2) is 0 Å². The monoisotopic (exact) mass is 208 g/mol. The van der Waals surface area contributed by atoms with Crippen molar-refractivity contribution >= 4 is 11.6 Å². The number of methoxy groups -OCH3 is 1. The highest BCUT2D eigenvalue weighted by Gasteiger charge is 2.00. The lowest BCUT2D eigenvalue weighted by molar-refractivity contribution is 0.0947. The number of hydrogen-bond donors (Lipinski definition) is 0. The van der Waals surface area contributed by atoms with Gasteiger partial charge in [-0.3, -0.25) is 0 Å². The molecule has 0 amide bonds. The van der Waals surface area contributed by atoms with E-state index >= 15 is 0 Å². The third-order valence-corrected chi connectivity index (χ3v) is 2.21. The Morgan fingerprint density at radius 3 is 2.54 bits per heavy atom. The summed E-state index contributed by atoms with van der Waals surface area (Å²) < 4.78 is 10.3. The van der Waals surface area contributed by atoms with Crippen LogP contribution in [0.15, 0.2) is 0 Å². The Kier molecular flexibility index (Phi) is 10.5. The van der Waals surface area contributed by atoms with Gasteiger partial charge in [0, 0.05) is 32.8 Å². The van der Waals surface area contributed by atoms with Crippen LogP contribution in [0, 0.1) is 5.92 Å². The van der Waals surface area contributed by atoms with Crippen molar-refractivity contribution in [2.75, 3.05) is 32.8 Å². The first kappa shape index (κ1) is 13.2. The predicted molar refractivity (Wildman–Crippen MR) is 56.4 cm³/mol.